The summed E-state index contributed by atoms with van der Waals surface area (Å²) in [6, 6.07) is 0.0681. The Kier molecular flexibility index (Phi) is 2.28. The van der Waals surface area contributed by atoms with Crippen molar-refractivity contribution in [1.82, 2.24) is 13.9 Å². The van der Waals surface area contributed by atoms with Gasteiger partial charge in [0.25, 0.3) is 0 Å². The number of hydrogen-bond donors (Lipinski definition) is 0. The van der Waals surface area contributed by atoms with Crippen molar-refractivity contribution < 1.29 is 0 Å². The molecule has 4 bridgehead atoms. The molecule has 4 aliphatic carbocycles. The molecule has 0 unspecified atom stereocenters. The first-order valence-corrected chi connectivity index (χ1v) is 9.68. The zero-order chi connectivity index (χ0) is 17.3. The highest BCUT2D eigenvalue weighted by Crippen LogP contribution is 2.69. The van der Waals surface area contributed by atoms with E-state index < -0.39 is 0 Å². The van der Waals surface area contributed by atoms with Gasteiger partial charge in [0.05, 0.1) is 12.1 Å². The van der Waals surface area contributed by atoms with Crippen molar-refractivity contribution in [3.8, 4) is 0 Å². The van der Waals surface area contributed by atoms with E-state index in [4.69, 9.17) is 0 Å². The van der Waals surface area contributed by atoms with Crippen molar-refractivity contribution in [3.63, 3.8) is 0 Å². The van der Waals surface area contributed by atoms with Crippen LogP contribution in [0.3, 0.4) is 0 Å². The van der Waals surface area contributed by atoms with Gasteiger partial charge in [-0.2, -0.15) is 0 Å². The molecule has 0 radical (unpaired) electrons. The summed E-state index contributed by atoms with van der Waals surface area (Å²) in [6.45, 7) is 6.97. The number of rotatable bonds is 1. The maximum Gasteiger partial charge on any atom is 0.348 e. The van der Waals surface area contributed by atoms with Gasteiger partial charge in [0.1, 0.15) is 0 Å². The van der Waals surface area contributed by atoms with Crippen molar-refractivity contribution in [2.24, 2.45) is 28.6 Å². The standard InChI is InChI=1S/C20H25N3O2/c1-19(2)11-8-9-20(19,3)16(10-11)21-17(24)22-14-6-7-15(23(22)18(21)25)13-5-4-12(13)14/h4-7,11-16H,8-10H2,1-3H3/t11-,12-,13-,14-,15-,16+,20-/m0/s1. The minimum atomic E-state index is -0.0855. The van der Waals surface area contributed by atoms with Crippen LogP contribution in [0.15, 0.2) is 33.9 Å². The molecule has 132 valence electrons. The monoisotopic (exact) mass is 339 g/mol. The number of allylic oxidation sites excluding steroid dienone is 4. The van der Waals surface area contributed by atoms with Crippen molar-refractivity contribution >= 4 is 0 Å². The Morgan fingerprint density at radius 2 is 1.48 bits per heavy atom. The van der Waals surface area contributed by atoms with Crippen LogP contribution in [0.25, 0.3) is 0 Å². The van der Waals surface area contributed by atoms with Crippen LogP contribution < -0.4 is 11.4 Å². The summed E-state index contributed by atoms with van der Waals surface area (Å²) in [4.78, 5) is 26.7. The zero-order valence-electron chi connectivity index (χ0n) is 15.1. The molecule has 1 aromatic rings. The SMILES string of the molecule is CC1(C)[C@H]2CC[C@@]1(C)[C@H](n1c(=O)n3n(c1=O)[C@H]1C=C[C@H]3[C@H]3C=C[C@@H]31)C2. The van der Waals surface area contributed by atoms with Gasteiger partial charge in [-0.25, -0.2) is 23.5 Å². The Labute approximate surface area is 146 Å². The van der Waals surface area contributed by atoms with E-state index in [1.54, 1.807) is 13.9 Å². The topological polar surface area (TPSA) is 48.9 Å². The lowest BCUT2D eigenvalue weighted by atomic mass is 9.68. The Balaban J connectivity index is 1.57. The second-order valence-corrected chi connectivity index (χ2v) is 9.66. The van der Waals surface area contributed by atoms with Crippen LogP contribution in [-0.2, 0) is 0 Å². The molecule has 5 nitrogen and oxygen atoms in total. The molecule has 3 heterocycles. The van der Waals surface area contributed by atoms with Crippen LogP contribution in [0.2, 0.25) is 0 Å². The van der Waals surface area contributed by atoms with Gasteiger partial charge in [-0.15, -0.1) is 0 Å². The Morgan fingerprint density at radius 3 is 1.88 bits per heavy atom. The number of fused-ring (bicyclic) bond motifs is 2. The highest BCUT2D eigenvalue weighted by Gasteiger charge is 2.63. The van der Waals surface area contributed by atoms with Crippen LogP contribution in [0.1, 0.15) is 58.2 Å². The van der Waals surface area contributed by atoms with E-state index in [2.05, 4.69) is 45.1 Å². The Bertz CT molecular complexity index is 921. The highest BCUT2D eigenvalue weighted by molar-refractivity contribution is 5.27. The first kappa shape index (κ1) is 14.4. The van der Waals surface area contributed by atoms with Gasteiger partial charge in [0.2, 0.25) is 0 Å². The first-order valence-electron chi connectivity index (χ1n) is 9.68. The fourth-order valence-electron chi connectivity index (χ4n) is 6.87. The van der Waals surface area contributed by atoms with Crippen LogP contribution in [-0.4, -0.2) is 13.9 Å². The molecule has 2 saturated carbocycles. The van der Waals surface area contributed by atoms with E-state index in [-0.39, 0.29) is 40.3 Å². The van der Waals surface area contributed by atoms with Crippen molar-refractivity contribution in [2.45, 2.75) is 58.2 Å². The molecule has 7 atom stereocenters. The van der Waals surface area contributed by atoms with Gasteiger partial charge in [-0.3, -0.25) is 0 Å². The number of aromatic nitrogens is 3. The summed E-state index contributed by atoms with van der Waals surface area (Å²) < 4.78 is 5.17. The predicted molar refractivity (Wildman–Crippen MR) is 94.6 cm³/mol. The maximum absolute atomic E-state index is 13.4. The number of nitrogens with zero attached hydrogens (tertiary/aromatic N) is 3. The van der Waals surface area contributed by atoms with Crippen LogP contribution >= 0.6 is 0 Å². The zero-order valence-corrected chi connectivity index (χ0v) is 15.1. The van der Waals surface area contributed by atoms with Gasteiger partial charge in [0.15, 0.2) is 0 Å². The molecule has 1 aromatic heterocycles. The summed E-state index contributed by atoms with van der Waals surface area (Å²) in [5.74, 6) is 1.38. The van der Waals surface area contributed by atoms with Crippen molar-refractivity contribution in [2.75, 3.05) is 0 Å². The van der Waals surface area contributed by atoms with Gasteiger partial charge in [0, 0.05) is 17.9 Å². The molecule has 2 fully saturated rings. The third kappa shape index (κ3) is 1.31. The summed E-state index contributed by atoms with van der Waals surface area (Å²) in [6.07, 6.45) is 12.0. The smallest absolute Gasteiger partial charge is 0.246 e. The van der Waals surface area contributed by atoms with Crippen LogP contribution in [0.4, 0.5) is 0 Å². The van der Waals surface area contributed by atoms with Crippen LogP contribution in [0, 0.1) is 28.6 Å². The van der Waals surface area contributed by atoms with Crippen molar-refractivity contribution in [3.05, 3.63) is 45.3 Å². The van der Waals surface area contributed by atoms with Gasteiger partial charge >= 0.3 is 11.4 Å². The molecular formula is C20H25N3O2. The Morgan fingerprint density at radius 1 is 0.920 bits per heavy atom. The Hall–Kier alpha value is -1.78. The van der Waals surface area contributed by atoms with Crippen LogP contribution in [0.5, 0.6) is 0 Å². The first-order chi connectivity index (χ1) is 11.9. The molecule has 25 heavy (non-hydrogen) atoms. The largest absolute Gasteiger partial charge is 0.348 e. The molecule has 5 heteroatoms. The van der Waals surface area contributed by atoms with Gasteiger partial charge in [-0.05, 0) is 36.0 Å². The van der Waals surface area contributed by atoms with Crippen molar-refractivity contribution in [1.29, 1.82) is 0 Å². The third-order valence-electron chi connectivity index (χ3n) is 8.95. The molecule has 7 rings (SSSR count). The summed E-state index contributed by atoms with van der Waals surface area (Å²) >= 11 is 0. The lowest BCUT2D eigenvalue weighted by molar-refractivity contribution is 0.103. The van der Waals surface area contributed by atoms with E-state index >= 15 is 0 Å². The normalized spacial score (nSPS) is 47.0. The van der Waals surface area contributed by atoms with E-state index in [9.17, 15) is 9.59 Å². The van der Waals surface area contributed by atoms with E-state index in [1.807, 2.05) is 0 Å². The third-order valence-corrected chi connectivity index (χ3v) is 8.95. The molecular weight excluding hydrogens is 314 g/mol. The fraction of sp³-hybridized carbons (Fsp3) is 0.700. The van der Waals surface area contributed by atoms with E-state index in [0.717, 1.165) is 12.8 Å². The summed E-state index contributed by atoms with van der Waals surface area (Å²) in [5.41, 5.74) is 0.0482. The second kappa shape index (κ2) is 3.97. The van der Waals surface area contributed by atoms with E-state index in [0.29, 0.717) is 17.8 Å². The molecule has 2 aliphatic heterocycles. The van der Waals surface area contributed by atoms with Gasteiger partial charge in [-0.1, -0.05) is 45.1 Å². The lowest BCUT2D eigenvalue weighted by Gasteiger charge is -2.47. The lowest BCUT2D eigenvalue weighted by Crippen LogP contribution is -2.50. The molecule has 0 spiro atoms. The number of hydrogen-bond acceptors (Lipinski definition) is 2. The average Bonchev–Trinajstić information content (AvgIpc) is 3.00. The molecule has 0 amide bonds. The van der Waals surface area contributed by atoms with Gasteiger partial charge < -0.3 is 0 Å². The summed E-state index contributed by atoms with van der Waals surface area (Å²) in [7, 11) is 0. The molecule has 0 aromatic carbocycles. The molecule has 0 saturated heterocycles. The fourth-order valence-corrected chi connectivity index (χ4v) is 6.87. The molecule has 0 N–H and O–H groups in total. The van der Waals surface area contributed by atoms with E-state index in [1.165, 1.54) is 6.42 Å². The maximum atomic E-state index is 13.4. The second-order valence-electron chi connectivity index (χ2n) is 9.66. The highest BCUT2D eigenvalue weighted by atomic mass is 16.2. The predicted octanol–water partition coefficient (Wildman–Crippen LogP) is 2.67. The minimum absolute atomic E-state index is 0.0147. The average molecular weight is 339 g/mol. The quantitative estimate of drug-likeness (QED) is 0.739. The molecule has 6 aliphatic rings. The summed E-state index contributed by atoms with van der Waals surface area (Å²) in [5, 5.41) is 0. The minimum Gasteiger partial charge on any atom is -0.246 e.